The van der Waals surface area contributed by atoms with Crippen LogP contribution in [-0.2, 0) is 0 Å². The van der Waals surface area contributed by atoms with Crippen molar-refractivity contribution >= 4 is 23.2 Å². The van der Waals surface area contributed by atoms with Gasteiger partial charge in [0.25, 0.3) is 0 Å². The first kappa shape index (κ1) is 19.1. The minimum absolute atomic E-state index is 0.0664. The fourth-order valence-corrected chi connectivity index (χ4v) is 3.87. The topological polar surface area (TPSA) is 110 Å². The Hall–Kier alpha value is -4.63. The largest absolute Gasteiger partial charge is 0.398 e. The van der Waals surface area contributed by atoms with Gasteiger partial charge in [-0.05, 0) is 48.0 Å². The Morgan fingerprint density at radius 1 is 0.909 bits per heavy atom. The van der Waals surface area contributed by atoms with Gasteiger partial charge in [-0.15, -0.1) is 0 Å². The maximum atomic E-state index is 6.41. The van der Waals surface area contributed by atoms with E-state index in [-0.39, 0.29) is 6.04 Å². The number of pyridine rings is 3. The Kier molecular flexibility index (Phi) is 4.52. The van der Waals surface area contributed by atoms with Gasteiger partial charge in [-0.3, -0.25) is 15.0 Å². The summed E-state index contributed by atoms with van der Waals surface area (Å²) in [5.74, 6) is 2.24. The Bertz CT molecular complexity index is 1390. The third kappa shape index (κ3) is 3.46. The highest BCUT2D eigenvalue weighted by Crippen LogP contribution is 2.36. The molecule has 160 valence electrons. The molecule has 0 fully saturated rings. The molecule has 9 nitrogen and oxygen atoms in total. The monoisotopic (exact) mass is 433 g/mol. The minimum Gasteiger partial charge on any atom is -0.398 e. The number of aromatic nitrogens is 5. The number of aliphatic imine (C=N–C) groups is 1. The summed E-state index contributed by atoms with van der Waals surface area (Å²) in [6, 6.07) is 13.5. The van der Waals surface area contributed by atoms with E-state index >= 15 is 0 Å². The van der Waals surface area contributed by atoms with E-state index < -0.39 is 0 Å². The number of fused-ring (bicyclic) bond motifs is 3. The molecule has 33 heavy (non-hydrogen) atoms. The molecule has 3 N–H and O–H groups in total. The molecule has 0 aliphatic carbocycles. The Balaban J connectivity index is 1.46. The van der Waals surface area contributed by atoms with Crippen molar-refractivity contribution in [2.45, 2.75) is 6.04 Å². The van der Waals surface area contributed by atoms with Gasteiger partial charge < -0.3 is 5.73 Å². The summed E-state index contributed by atoms with van der Waals surface area (Å²) >= 11 is 0. The standard InChI is InChI=1S/C24H19N9/c25-19(16-1-7-26-8-2-16)13-22-29-23-14-20(17-3-9-27-10-4-17)30-33(23)24-15-21(31-32(22)24)18-5-11-28-12-6-18/h1-15,21,31H,25H2. The summed E-state index contributed by atoms with van der Waals surface area (Å²) in [7, 11) is 0. The normalized spacial score (nSPS) is 17.3. The maximum absolute atomic E-state index is 6.41. The first-order valence-electron chi connectivity index (χ1n) is 10.4. The van der Waals surface area contributed by atoms with Crippen LogP contribution in [0.25, 0.3) is 22.8 Å². The molecule has 1 atom stereocenters. The Morgan fingerprint density at radius 2 is 1.58 bits per heavy atom. The van der Waals surface area contributed by atoms with Gasteiger partial charge in [-0.2, -0.15) is 9.78 Å². The van der Waals surface area contributed by atoms with Crippen molar-refractivity contribution in [1.29, 1.82) is 0 Å². The molecule has 0 saturated heterocycles. The van der Waals surface area contributed by atoms with Crippen LogP contribution in [0.2, 0.25) is 0 Å². The second kappa shape index (κ2) is 7.81. The zero-order valence-corrected chi connectivity index (χ0v) is 17.4. The van der Waals surface area contributed by atoms with Crippen molar-refractivity contribution in [2.24, 2.45) is 10.7 Å². The van der Waals surface area contributed by atoms with E-state index in [0.29, 0.717) is 11.5 Å². The molecule has 2 aliphatic heterocycles. The molecular weight excluding hydrogens is 414 g/mol. The Labute approximate surface area is 189 Å². The average molecular weight is 433 g/mol. The van der Waals surface area contributed by atoms with Crippen molar-refractivity contribution in [3.8, 4) is 11.3 Å². The molecule has 1 unspecified atom stereocenters. The van der Waals surface area contributed by atoms with Crippen molar-refractivity contribution in [3.05, 3.63) is 103 Å². The lowest BCUT2D eigenvalue weighted by atomic mass is 10.1. The van der Waals surface area contributed by atoms with Crippen molar-refractivity contribution < 1.29 is 0 Å². The van der Waals surface area contributed by atoms with Gasteiger partial charge in [0, 0.05) is 66.1 Å². The van der Waals surface area contributed by atoms with E-state index in [2.05, 4.69) is 26.5 Å². The number of rotatable bonds is 4. The molecule has 6 heterocycles. The van der Waals surface area contributed by atoms with Crippen molar-refractivity contribution in [2.75, 3.05) is 0 Å². The van der Waals surface area contributed by atoms with E-state index in [1.165, 1.54) is 0 Å². The van der Waals surface area contributed by atoms with Crippen molar-refractivity contribution in [1.82, 2.24) is 35.2 Å². The summed E-state index contributed by atoms with van der Waals surface area (Å²) in [5, 5.41) is 6.74. The summed E-state index contributed by atoms with van der Waals surface area (Å²) in [5.41, 5.74) is 14.3. The number of hydrogen-bond donors (Lipinski definition) is 2. The number of nitrogens with two attached hydrogens (primary N) is 1. The second-order valence-electron chi connectivity index (χ2n) is 7.59. The zero-order valence-electron chi connectivity index (χ0n) is 17.4. The van der Waals surface area contributed by atoms with Crippen LogP contribution in [0, 0.1) is 0 Å². The van der Waals surface area contributed by atoms with Gasteiger partial charge in [0.15, 0.2) is 17.5 Å². The summed E-state index contributed by atoms with van der Waals surface area (Å²) in [6.07, 6.45) is 14.5. The van der Waals surface area contributed by atoms with Gasteiger partial charge in [-0.1, -0.05) is 0 Å². The third-order valence-corrected chi connectivity index (χ3v) is 5.52. The Morgan fingerprint density at radius 3 is 2.30 bits per heavy atom. The van der Waals surface area contributed by atoms with Crippen LogP contribution in [0.1, 0.15) is 17.2 Å². The van der Waals surface area contributed by atoms with Gasteiger partial charge in [0.05, 0.1) is 11.7 Å². The van der Waals surface area contributed by atoms with Crippen LogP contribution >= 0.6 is 0 Å². The highest BCUT2D eigenvalue weighted by atomic mass is 15.6. The van der Waals surface area contributed by atoms with E-state index in [1.54, 1.807) is 37.2 Å². The molecule has 0 spiro atoms. The maximum Gasteiger partial charge on any atom is 0.160 e. The molecule has 0 aromatic carbocycles. The van der Waals surface area contributed by atoms with E-state index in [9.17, 15) is 0 Å². The lowest BCUT2D eigenvalue weighted by Gasteiger charge is -2.27. The predicted molar refractivity (Wildman–Crippen MR) is 125 cm³/mol. The van der Waals surface area contributed by atoms with Gasteiger partial charge >= 0.3 is 0 Å². The first-order valence-corrected chi connectivity index (χ1v) is 10.4. The van der Waals surface area contributed by atoms with E-state index in [4.69, 9.17) is 15.8 Å². The number of hydrogen-bond acceptors (Lipinski definition) is 8. The lowest BCUT2D eigenvalue weighted by Crippen LogP contribution is -2.40. The third-order valence-electron chi connectivity index (χ3n) is 5.52. The average Bonchev–Trinajstić information content (AvgIpc) is 3.51. The number of nitrogens with zero attached hydrogens (tertiary/aromatic N) is 7. The molecular formula is C24H19N9. The fourth-order valence-electron chi connectivity index (χ4n) is 3.87. The molecule has 0 bridgehead atoms. The number of hydrazine groups is 1. The summed E-state index contributed by atoms with van der Waals surface area (Å²) < 4.78 is 1.84. The highest BCUT2D eigenvalue weighted by molar-refractivity contribution is 6.04. The summed E-state index contributed by atoms with van der Waals surface area (Å²) in [6.45, 7) is 0. The van der Waals surface area contributed by atoms with Crippen molar-refractivity contribution in [3.63, 3.8) is 0 Å². The molecule has 9 heteroatoms. The molecule has 0 saturated carbocycles. The molecule has 4 aromatic heterocycles. The molecule has 0 radical (unpaired) electrons. The molecule has 2 aliphatic rings. The quantitative estimate of drug-likeness (QED) is 0.509. The predicted octanol–water partition coefficient (Wildman–Crippen LogP) is 3.14. The minimum atomic E-state index is -0.0664. The van der Waals surface area contributed by atoms with Crippen LogP contribution in [0.3, 0.4) is 0 Å². The second-order valence-corrected chi connectivity index (χ2v) is 7.59. The molecule has 4 aromatic rings. The van der Waals surface area contributed by atoms with Crippen LogP contribution < -0.4 is 11.2 Å². The lowest BCUT2D eigenvalue weighted by molar-refractivity contribution is 0.401. The first-order chi connectivity index (χ1) is 16.3. The van der Waals surface area contributed by atoms with E-state index in [0.717, 1.165) is 34.0 Å². The highest BCUT2D eigenvalue weighted by Gasteiger charge is 2.33. The van der Waals surface area contributed by atoms with Gasteiger partial charge in [-0.25, -0.2) is 15.4 Å². The van der Waals surface area contributed by atoms with Gasteiger partial charge in [0.2, 0.25) is 0 Å². The molecule has 0 amide bonds. The summed E-state index contributed by atoms with van der Waals surface area (Å²) in [4.78, 5) is 17.2. The molecule has 6 rings (SSSR count). The van der Waals surface area contributed by atoms with Crippen LogP contribution in [0.5, 0.6) is 0 Å². The SMILES string of the molecule is NC(=CC1=Nc2cc(-c3ccncc3)nn2C2=CC(c3ccncc3)NN21)c1ccncc1. The number of nitrogens with one attached hydrogen (secondary N) is 1. The number of amidine groups is 1. The fraction of sp³-hybridized carbons (Fsp3) is 0.0417. The van der Waals surface area contributed by atoms with Crippen LogP contribution in [0.15, 0.2) is 96.8 Å². The van der Waals surface area contributed by atoms with Crippen LogP contribution in [-0.4, -0.2) is 35.6 Å². The van der Waals surface area contributed by atoms with E-state index in [1.807, 2.05) is 58.2 Å². The van der Waals surface area contributed by atoms with Crippen LogP contribution in [0.4, 0.5) is 5.82 Å². The van der Waals surface area contributed by atoms with Gasteiger partial charge in [0.1, 0.15) is 0 Å². The zero-order chi connectivity index (χ0) is 22.2. The smallest absolute Gasteiger partial charge is 0.160 e.